The first-order chi connectivity index (χ1) is 8.41. The van der Waals surface area contributed by atoms with Crippen LogP contribution in [-0.2, 0) is 4.74 Å². The number of aromatic carboxylic acids is 1. The maximum Gasteiger partial charge on any atom is 0.337 e. The Morgan fingerprint density at radius 2 is 2.22 bits per heavy atom. The Bertz CT molecular complexity index is 419. The summed E-state index contributed by atoms with van der Waals surface area (Å²) in [6.07, 6.45) is 1.59. The molecule has 5 heteroatoms. The van der Waals surface area contributed by atoms with Gasteiger partial charge in [-0.15, -0.1) is 0 Å². The van der Waals surface area contributed by atoms with Crippen molar-refractivity contribution in [3.05, 3.63) is 23.4 Å². The molecule has 1 heterocycles. The van der Waals surface area contributed by atoms with Crippen molar-refractivity contribution >= 4 is 11.8 Å². The van der Waals surface area contributed by atoms with Crippen LogP contribution in [0.4, 0.5) is 5.82 Å². The molecule has 0 saturated carbocycles. The third kappa shape index (κ3) is 4.00. The number of ether oxygens (including phenoxy) is 1. The van der Waals surface area contributed by atoms with Crippen LogP contribution in [0.3, 0.4) is 0 Å². The van der Waals surface area contributed by atoms with Gasteiger partial charge in [-0.05, 0) is 32.4 Å². The molecule has 1 rings (SSSR count). The lowest BCUT2D eigenvalue weighted by molar-refractivity contribution is 0.0696. The quantitative estimate of drug-likeness (QED) is 0.838. The van der Waals surface area contributed by atoms with Gasteiger partial charge in [0.15, 0.2) is 0 Å². The van der Waals surface area contributed by atoms with Crippen LogP contribution in [0.5, 0.6) is 0 Å². The predicted molar refractivity (Wildman–Crippen MR) is 70.3 cm³/mol. The fourth-order valence-electron chi connectivity index (χ4n) is 1.62. The van der Waals surface area contributed by atoms with Crippen LogP contribution in [0, 0.1) is 6.92 Å². The van der Waals surface area contributed by atoms with Crippen molar-refractivity contribution in [3.63, 3.8) is 0 Å². The molecule has 0 spiro atoms. The largest absolute Gasteiger partial charge is 0.478 e. The Kier molecular flexibility index (Phi) is 5.09. The number of aromatic nitrogens is 1. The van der Waals surface area contributed by atoms with Gasteiger partial charge < -0.3 is 14.7 Å². The van der Waals surface area contributed by atoms with E-state index in [1.165, 1.54) is 6.20 Å². The second-order valence-electron chi connectivity index (χ2n) is 4.51. The molecule has 0 unspecified atom stereocenters. The molecule has 100 valence electrons. The monoisotopic (exact) mass is 252 g/mol. The van der Waals surface area contributed by atoms with Crippen LogP contribution >= 0.6 is 0 Å². The Morgan fingerprint density at radius 3 is 2.72 bits per heavy atom. The standard InChI is InChI=1S/C13H20N2O3/c1-9(2)18-6-5-15(4)12-10(3)7-11(8-14-12)13(16)17/h7-9H,5-6H2,1-4H3,(H,16,17). The molecular weight excluding hydrogens is 232 g/mol. The average Bonchev–Trinajstić information content (AvgIpc) is 2.27. The smallest absolute Gasteiger partial charge is 0.337 e. The Morgan fingerprint density at radius 1 is 1.56 bits per heavy atom. The van der Waals surface area contributed by atoms with Gasteiger partial charge in [-0.3, -0.25) is 0 Å². The van der Waals surface area contributed by atoms with E-state index >= 15 is 0 Å². The van der Waals surface area contributed by atoms with Gasteiger partial charge in [0.2, 0.25) is 0 Å². The van der Waals surface area contributed by atoms with E-state index in [9.17, 15) is 4.79 Å². The minimum atomic E-state index is -0.956. The summed E-state index contributed by atoms with van der Waals surface area (Å²) in [5.41, 5.74) is 1.06. The predicted octanol–water partition coefficient (Wildman–Crippen LogP) is 1.95. The topological polar surface area (TPSA) is 62.7 Å². The number of carboxylic acids is 1. The molecule has 0 aliphatic rings. The van der Waals surface area contributed by atoms with E-state index in [1.807, 2.05) is 32.7 Å². The molecule has 0 bridgehead atoms. The molecule has 1 aromatic heterocycles. The number of hydrogen-bond donors (Lipinski definition) is 1. The molecule has 0 aliphatic carbocycles. The SMILES string of the molecule is Cc1cc(C(=O)O)cnc1N(C)CCOC(C)C. The van der Waals surface area contributed by atoms with Crippen molar-refractivity contribution in [3.8, 4) is 0 Å². The molecule has 0 atom stereocenters. The third-order valence-corrected chi connectivity index (χ3v) is 2.54. The van der Waals surface area contributed by atoms with E-state index in [1.54, 1.807) is 6.07 Å². The highest BCUT2D eigenvalue weighted by Gasteiger charge is 2.10. The number of rotatable bonds is 6. The van der Waals surface area contributed by atoms with Gasteiger partial charge in [0.05, 0.1) is 18.3 Å². The van der Waals surface area contributed by atoms with Crippen molar-refractivity contribution in [1.82, 2.24) is 4.98 Å². The second-order valence-corrected chi connectivity index (χ2v) is 4.51. The number of aryl methyl sites for hydroxylation is 1. The molecule has 5 nitrogen and oxygen atoms in total. The number of pyridine rings is 1. The number of anilines is 1. The molecule has 0 amide bonds. The highest BCUT2D eigenvalue weighted by atomic mass is 16.5. The lowest BCUT2D eigenvalue weighted by atomic mass is 10.2. The summed E-state index contributed by atoms with van der Waals surface area (Å²) in [6.45, 7) is 7.18. The minimum Gasteiger partial charge on any atom is -0.478 e. The Hall–Kier alpha value is -1.62. The molecule has 1 aromatic rings. The van der Waals surface area contributed by atoms with E-state index in [0.717, 1.165) is 17.9 Å². The van der Waals surface area contributed by atoms with Gasteiger partial charge in [0, 0.05) is 19.8 Å². The normalized spacial score (nSPS) is 10.7. The maximum atomic E-state index is 10.8. The molecular formula is C13H20N2O3. The number of carbonyl (C=O) groups is 1. The van der Waals surface area contributed by atoms with Crippen molar-refractivity contribution in [2.24, 2.45) is 0 Å². The molecule has 0 fully saturated rings. The number of carboxylic acid groups (broad SMARTS) is 1. The van der Waals surface area contributed by atoms with Gasteiger partial charge in [-0.25, -0.2) is 9.78 Å². The van der Waals surface area contributed by atoms with E-state index in [0.29, 0.717) is 6.61 Å². The molecule has 1 N–H and O–H groups in total. The molecule has 0 aliphatic heterocycles. The number of likely N-dealkylation sites (N-methyl/N-ethyl adjacent to an activating group) is 1. The highest BCUT2D eigenvalue weighted by molar-refractivity contribution is 5.87. The van der Waals surface area contributed by atoms with Gasteiger partial charge in [-0.2, -0.15) is 0 Å². The van der Waals surface area contributed by atoms with Crippen molar-refractivity contribution in [2.75, 3.05) is 25.1 Å². The zero-order valence-corrected chi connectivity index (χ0v) is 11.3. The number of nitrogens with zero attached hydrogens (tertiary/aromatic N) is 2. The first-order valence-corrected chi connectivity index (χ1v) is 5.94. The minimum absolute atomic E-state index is 0.210. The van der Waals surface area contributed by atoms with E-state index in [4.69, 9.17) is 9.84 Å². The Labute approximate surface area is 107 Å². The zero-order chi connectivity index (χ0) is 13.7. The van der Waals surface area contributed by atoms with Crippen molar-refractivity contribution in [2.45, 2.75) is 26.9 Å². The Balaban J connectivity index is 2.68. The van der Waals surface area contributed by atoms with Gasteiger partial charge >= 0.3 is 5.97 Å². The molecule has 0 saturated heterocycles. The van der Waals surface area contributed by atoms with Crippen LogP contribution in [0.2, 0.25) is 0 Å². The van der Waals surface area contributed by atoms with Crippen LogP contribution < -0.4 is 4.90 Å². The third-order valence-electron chi connectivity index (χ3n) is 2.54. The summed E-state index contributed by atoms with van der Waals surface area (Å²) in [6, 6.07) is 1.63. The maximum absolute atomic E-state index is 10.8. The average molecular weight is 252 g/mol. The first kappa shape index (κ1) is 14.4. The lowest BCUT2D eigenvalue weighted by Crippen LogP contribution is -2.25. The van der Waals surface area contributed by atoms with Crippen molar-refractivity contribution in [1.29, 1.82) is 0 Å². The fraction of sp³-hybridized carbons (Fsp3) is 0.538. The van der Waals surface area contributed by atoms with E-state index in [2.05, 4.69) is 4.98 Å². The summed E-state index contributed by atoms with van der Waals surface area (Å²) in [7, 11) is 1.92. The van der Waals surface area contributed by atoms with Gasteiger partial charge in [0.25, 0.3) is 0 Å². The first-order valence-electron chi connectivity index (χ1n) is 5.94. The summed E-state index contributed by atoms with van der Waals surface area (Å²) in [5, 5.41) is 8.87. The zero-order valence-electron chi connectivity index (χ0n) is 11.3. The van der Waals surface area contributed by atoms with Crippen LogP contribution in [0.15, 0.2) is 12.3 Å². The highest BCUT2D eigenvalue weighted by Crippen LogP contribution is 2.16. The second kappa shape index (κ2) is 6.35. The lowest BCUT2D eigenvalue weighted by Gasteiger charge is -2.20. The molecule has 18 heavy (non-hydrogen) atoms. The summed E-state index contributed by atoms with van der Waals surface area (Å²) in [5.74, 6) is -0.171. The molecule has 0 aromatic carbocycles. The number of hydrogen-bond acceptors (Lipinski definition) is 4. The van der Waals surface area contributed by atoms with E-state index in [-0.39, 0.29) is 11.7 Å². The summed E-state index contributed by atoms with van der Waals surface area (Å²) >= 11 is 0. The van der Waals surface area contributed by atoms with Gasteiger partial charge in [-0.1, -0.05) is 0 Å². The van der Waals surface area contributed by atoms with Crippen molar-refractivity contribution < 1.29 is 14.6 Å². The van der Waals surface area contributed by atoms with E-state index < -0.39 is 5.97 Å². The fourth-order valence-corrected chi connectivity index (χ4v) is 1.62. The summed E-state index contributed by atoms with van der Waals surface area (Å²) in [4.78, 5) is 17.0. The van der Waals surface area contributed by atoms with Gasteiger partial charge in [0.1, 0.15) is 5.82 Å². The van der Waals surface area contributed by atoms with Crippen LogP contribution in [0.25, 0.3) is 0 Å². The van der Waals surface area contributed by atoms with Crippen LogP contribution in [-0.4, -0.2) is 42.4 Å². The van der Waals surface area contributed by atoms with Crippen LogP contribution in [0.1, 0.15) is 29.8 Å². The summed E-state index contributed by atoms with van der Waals surface area (Å²) < 4.78 is 5.47. The molecule has 0 radical (unpaired) electrons.